The summed E-state index contributed by atoms with van der Waals surface area (Å²) in [6, 6.07) is 18.4. The number of nitrogens with zero attached hydrogens (tertiary/aromatic N) is 4. The van der Waals surface area contributed by atoms with Crippen molar-refractivity contribution in [2.75, 3.05) is 21.2 Å². The topological polar surface area (TPSA) is 60.3 Å². The molecule has 0 bridgehead atoms. The normalized spacial score (nSPS) is 11.5. The Balaban J connectivity index is 1.69. The van der Waals surface area contributed by atoms with Crippen molar-refractivity contribution < 1.29 is 9.53 Å². The quantitative estimate of drug-likeness (QED) is 0.232. The molecule has 6 nitrogen and oxygen atoms in total. The van der Waals surface area contributed by atoms with Gasteiger partial charge in [-0.1, -0.05) is 50.2 Å². The molecule has 0 saturated heterocycles. The van der Waals surface area contributed by atoms with Crippen LogP contribution in [0, 0.1) is 12.8 Å². The fourth-order valence-corrected chi connectivity index (χ4v) is 5.72. The van der Waals surface area contributed by atoms with Gasteiger partial charge in [-0.25, -0.2) is 0 Å². The largest absolute Gasteiger partial charge is 0.496 e. The molecule has 0 N–H and O–H groups in total. The van der Waals surface area contributed by atoms with E-state index in [1.807, 2.05) is 55.9 Å². The van der Waals surface area contributed by atoms with Crippen LogP contribution in [0.25, 0.3) is 5.00 Å². The summed E-state index contributed by atoms with van der Waals surface area (Å²) in [7, 11) is 5.60. The maximum Gasteiger partial charge on any atom is 0.199 e. The first kappa shape index (κ1) is 26.8. The minimum atomic E-state index is -0.0584. The number of carbonyl (C=O) groups excluding carboxylic acids is 1. The van der Waals surface area contributed by atoms with Crippen molar-refractivity contribution in [3.63, 3.8) is 0 Å². The lowest BCUT2D eigenvalue weighted by Crippen LogP contribution is -2.16. The predicted molar refractivity (Wildman–Crippen MR) is 150 cm³/mol. The highest BCUT2D eigenvalue weighted by atomic mass is 32.1. The molecule has 7 heteroatoms. The standard InChI is InChI=1S/C30H36N4O2S/c1-20(2)17-23-13-11-22(12-14-23)15-16-24-18-26(29(35)25-9-7-8-10-27(25)36-6)30(37-24)34-21(3)31-32-28(34)19-33(4)5/h7-14,18,20H,15-17,19H2,1-6H3. The third kappa shape index (κ3) is 6.35. The molecule has 0 spiro atoms. The minimum absolute atomic E-state index is 0.0584. The van der Waals surface area contributed by atoms with Crippen LogP contribution in [0.15, 0.2) is 54.6 Å². The molecule has 2 heterocycles. The lowest BCUT2D eigenvalue weighted by atomic mass is 10.00. The molecule has 0 saturated carbocycles. The second kappa shape index (κ2) is 11.8. The fourth-order valence-electron chi connectivity index (χ4n) is 4.50. The second-order valence-corrected chi connectivity index (χ2v) is 11.2. The summed E-state index contributed by atoms with van der Waals surface area (Å²) in [5, 5.41) is 9.61. The summed E-state index contributed by atoms with van der Waals surface area (Å²) in [5.41, 5.74) is 3.88. The van der Waals surface area contributed by atoms with E-state index in [9.17, 15) is 4.79 Å². The van der Waals surface area contributed by atoms with Crippen LogP contribution in [-0.2, 0) is 25.8 Å². The molecule has 0 aliphatic heterocycles. The van der Waals surface area contributed by atoms with Crippen LogP contribution < -0.4 is 4.74 Å². The van der Waals surface area contributed by atoms with Crippen molar-refractivity contribution in [2.24, 2.45) is 5.92 Å². The second-order valence-electron chi connectivity index (χ2n) is 10.1. The number of hydrogen-bond donors (Lipinski definition) is 0. The summed E-state index contributed by atoms with van der Waals surface area (Å²) in [6.45, 7) is 7.04. The van der Waals surface area contributed by atoms with Gasteiger partial charge in [0.2, 0.25) is 0 Å². The summed E-state index contributed by atoms with van der Waals surface area (Å²) < 4.78 is 7.53. The molecule has 4 aromatic rings. The van der Waals surface area contributed by atoms with E-state index in [4.69, 9.17) is 4.74 Å². The maximum absolute atomic E-state index is 13.9. The molecular weight excluding hydrogens is 480 g/mol. The molecule has 4 rings (SSSR count). The van der Waals surface area contributed by atoms with Crippen LogP contribution >= 0.6 is 11.3 Å². The lowest BCUT2D eigenvalue weighted by molar-refractivity contribution is 0.103. The van der Waals surface area contributed by atoms with Gasteiger partial charge in [0.05, 0.1) is 24.8 Å². The monoisotopic (exact) mass is 516 g/mol. The molecule has 2 aromatic carbocycles. The molecule has 0 amide bonds. The number of benzene rings is 2. The molecule has 0 aliphatic rings. The number of rotatable bonds is 11. The molecule has 0 fully saturated rings. The van der Waals surface area contributed by atoms with Crippen LogP contribution in [0.2, 0.25) is 0 Å². The van der Waals surface area contributed by atoms with E-state index in [0.29, 0.717) is 29.3 Å². The SMILES string of the molecule is COc1ccccc1C(=O)c1cc(CCc2ccc(CC(C)C)cc2)sc1-n1c(C)nnc1CN(C)C. The van der Waals surface area contributed by atoms with Gasteiger partial charge < -0.3 is 9.64 Å². The number of ether oxygens (including phenoxy) is 1. The fraction of sp³-hybridized carbons (Fsp3) is 0.367. The van der Waals surface area contributed by atoms with Crippen molar-refractivity contribution >= 4 is 17.1 Å². The number of aromatic nitrogens is 3. The predicted octanol–water partition coefficient (Wildman–Crippen LogP) is 5.92. The first-order valence-corrected chi connectivity index (χ1v) is 13.5. The van der Waals surface area contributed by atoms with E-state index in [-0.39, 0.29) is 5.78 Å². The maximum atomic E-state index is 13.9. The zero-order valence-electron chi connectivity index (χ0n) is 22.6. The van der Waals surface area contributed by atoms with Gasteiger partial charge in [0.15, 0.2) is 11.6 Å². The molecule has 37 heavy (non-hydrogen) atoms. The van der Waals surface area contributed by atoms with E-state index in [1.54, 1.807) is 18.4 Å². The van der Waals surface area contributed by atoms with Crippen LogP contribution in [0.3, 0.4) is 0 Å². The molecule has 0 radical (unpaired) electrons. The minimum Gasteiger partial charge on any atom is -0.496 e. The highest BCUT2D eigenvalue weighted by Crippen LogP contribution is 2.33. The Hall–Kier alpha value is -3.29. The van der Waals surface area contributed by atoms with Crippen molar-refractivity contribution in [2.45, 2.75) is 46.6 Å². The highest BCUT2D eigenvalue weighted by Gasteiger charge is 2.24. The van der Waals surface area contributed by atoms with Crippen LogP contribution in [0.4, 0.5) is 0 Å². The lowest BCUT2D eigenvalue weighted by Gasteiger charge is -2.13. The number of hydrogen-bond acceptors (Lipinski definition) is 6. The Morgan fingerprint density at radius 1 is 1.00 bits per heavy atom. The Kier molecular flexibility index (Phi) is 8.56. The first-order chi connectivity index (χ1) is 17.8. The summed E-state index contributed by atoms with van der Waals surface area (Å²) in [6.07, 6.45) is 2.86. The van der Waals surface area contributed by atoms with Crippen LogP contribution in [-0.4, -0.2) is 46.7 Å². The summed E-state index contributed by atoms with van der Waals surface area (Å²) >= 11 is 1.64. The molecular formula is C30H36N4O2S. The summed E-state index contributed by atoms with van der Waals surface area (Å²) in [4.78, 5) is 17.1. The van der Waals surface area contributed by atoms with Gasteiger partial charge in [0.25, 0.3) is 0 Å². The number of ketones is 1. The number of para-hydroxylation sites is 1. The van der Waals surface area contributed by atoms with Gasteiger partial charge in [-0.3, -0.25) is 9.36 Å². The zero-order chi connectivity index (χ0) is 26.5. The molecule has 0 atom stereocenters. The van der Waals surface area contributed by atoms with Crippen LogP contribution in [0.5, 0.6) is 5.75 Å². The number of thiophene rings is 1. The van der Waals surface area contributed by atoms with E-state index in [2.05, 4.69) is 53.2 Å². The van der Waals surface area contributed by atoms with Crippen molar-refractivity contribution in [1.82, 2.24) is 19.7 Å². The zero-order valence-corrected chi connectivity index (χ0v) is 23.4. The molecule has 194 valence electrons. The number of aryl methyl sites for hydroxylation is 3. The first-order valence-electron chi connectivity index (χ1n) is 12.7. The third-order valence-electron chi connectivity index (χ3n) is 6.24. The van der Waals surface area contributed by atoms with Gasteiger partial charge in [0, 0.05) is 4.88 Å². The molecule has 0 aliphatic carbocycles. The Labute approximate surface area is 223 Å². The summed E-state index contributed by atoms with van der Waals surface area (Å²) in [5.74, 6) is 2.73. The Morgan fingerprint density at radius 2 is 1.70 bits per heavy atom. The Bertz CT molecular complexity index is 1350. The van der Waals surface area contributed by atoms with Gasteiger partial charge >= 0.3 is 0 Å². The van der Waals surface area contributed by atoms with Gasteiger partial charge in [-0.05, 0) is 75.5 Å². The van der Waals surface area contributed by atoms with E-state index >= 15 is 0 Å². The number of methoxy groups -OCH3 is 1. The molecule has 0 unspecified atom stereocenters. The average Bonchev–Trinajstić information content (AvgIpc) is 3.45. The number of carbonyl (C=O) groups is 1. The molecule has 2 aromatic heterocycles. The van der Waals surface area contributed by atoms with E-state index in [1.165, 1.54) is 11.1 Å². The smallest absolute Gasteiger partial charge is 0.199 e. The van der Waals surface area contributed by atoms with Crippen molar-refractivity contribution in [1.29, 1.82) is 0 Å². The van der Waals surface area contributed by atoms with Gasteiger partial charge in [-0.15, -0.1) is 21.5 Å². The third-order valence-corrected chi connectivity index (χ3v) is 7.42. The van der Waals surface area contributed by atoms with Gasteiger partial charge in [0.1, 0.15) is 16.6 Å². The van der Waals surface area contributed by atoms with E-state index in [0.717, 1.165) is 40.8 Å². The van der Waals surface area contributed by atoms with E-state index < -0.39 is 0 Å². The average molecular weight is 517 g/mol. The van der Waals surface area contributed by atoms with Crippen LogP contribution in [0.1, 0.15) is 57.4 Å². The van der Waals surface area contributed by atoms with Crippen molar-refractivity contribution in [3.05, 3.63) is 93.4 Å². The van der Waals surface area contributed by atoms with Gasteiger partial charge in [-0.2, -0.15) is 0 Å². The Morgan fingerprint density at radius 3 is 2.38 bits per heavy atom. The van der Waals surface area contributed by atoms with Crippen molar-refractivity contribution in [3.8, 4) is 10.8 Å². The highest BCUT2D eigenvalue weighted by molar-refractivity contribution is 7.15.